The zero-order valence-corrected chi connectivity index (χ0v) is 20.0. The van der Waals surface area contributed by atoms with Crippen LogP contribution in [0.25, 0.3) is 0 Å². The Labute approximate surface area is 204 Å². The van der Waals surface area contributed by atoms with Crippen molar-refractivity contribution in [1.82, 2.24) is 15.2 Å². The van der Waals surface area contributed by atoms with Gasteiger partial charge in [-0.1, -0.05) is 19.1 Å². The first-order valence-electron chi connectivity index (χ1n) is 12.6. The van der Waals surface area contributed by atoms with Crippen LogP contribution in [0.4, 0.5) is 5.69 Å². The molecule has 3 aliphatic heterocycles. The monoisotopic (exact) mass is 474 g/mol. The number of nitrogens with zero attached hydrogens (tertiary/aromatic N) is 3. The Morgan fingerprint density at radius 3 is 2.43 bits per heavy atom. The summed E-state index contributed by atoms with van der Waals surface area (Å²) in [7, 11) is 0. The van der Waals surface area contributed by atoms with Crippen molar-refractivity contribution in [3.05, 3.63) is 58.9 Å². The number of ketones is 1. The minimum atomic E-state index is -0.672. The van der Waals surface area contributed by atoms with Gasteiger partial charge >= 0.3 is 5.97 Å². The molecule has 1 spiro atoms. The summed E-state index contributed by atoms with van der Waals surface area (Å²) < 4.78 is 5.80. The first-order chi connectivity index (χ1) is 17.0. The Morgan fingerprint density at radius 2 is 1.80 bits per heavy atom. The number of pyridine rings is 1. The standard InChI is InChI=1S/C27H30N4O4/c1-2-21(32)31-15-13-30(14-16-31)19-5-3-18(4-6-19)26(8-9-26)24(33)23-22-20(7-11-29-23)27(35-25(22)34)10-12-28-17-27/h3-7,11,28H,2,8-10,12-17H2,1H3/t27-/m0/s1. The van der Waals surface area contributed by atoms with Gasteiger partial charge in [0.15, 0.2) is 11.4 Å². The van der Waals surface area contributed by atoms with Crippen molar-refractivity contribution in [2.45, 2.75) is 43.6 Å². The number of Topliss-reactive ketones (excluding diaryl/α,β-unsaturated/α-hetero) is 1. The van der Waals surface area contributed by atoms with E-state index in [0.29, 0.717) is 24.9 Å². The average molecular weight is 475 g/mol. The number of carbonyl (C=O) groups excluding carboxylic acids is 3. The molecule has 6 rings (SSSR count). The number of fused-ring (bicyclic) bond motifs is 2. The smallest absolute Gasteiger partial charge is 0.341 e. The third-order valence-electron chi connectivity index (χ3n) is 8.17. The van der Waals surface area contributed by atoms with Crippen molar-refractivity contribution in [1.29, 1.82) is 0 Å². The van der Waals surface area contributed by atoms with Gasteiger partial charge in [-0.25, -0.2) is 4.79 Å². The van der Waals surface area contributed by atoms with Crippen molar-refractivity contribution >= 4 is 23.3 Å². The Morgan fingerprint density at radius 1 is 1.06 bits per heavy atom. The molecule has 35 heavy (non-hydrogen) atoms. The van der Waals surface area contributed by atoms with E-state index in [1.165, 1.54) is 0 Å². The van der Waals surface area contributed by atoms with E-state index >= 15 is 0 Å². The fourth-order valence-corrected chi connectivity index (χ4v) is 5.92. The Hall–Kier alpha value is -3.26. The summed E-state index contributed by atoms with van der Waals surface area (Å²) in [5.41, 5.74) is 2.15. The van der Waals surface area contributed by atoms with E-state index in [9.17, 15) is 14.4 Å². The minimum Gasteiger partial charge on any atom is -0.449 e. The van der Waals surface area contributed by atoms with E-state index in [-0.39, 0.29) is 17.4 Å². The van der Waals surface area contributed by atoms with Gasteiger partial charge in [0.25, 0.3) is 0 Å². The third-order valence-corrected chi connectivity index (χ3v) is 8.17. The summed E-state index contributed by atoms with van der Waals surface area (Å²) in [5.74, 6) is -0.324. The fourth-order valence-electron chi connectivity index (χ4n) is 5.92. The molecule has 1 N–H and O–H groups in total. The molecule has 0 bridgehead atoms. The maximum atomic E-state index is 13.8. The number of piperazine rings is 1. The summed E-state index contributed by atoms with van der Waals surface area (Å²) in [4.78, 5) is 47.2. The molecule has 1 aromatic carbocycles. The summed E-state index contributed by atoms with van der Waals surface area (Å²) in [6.45, 7) is 6.30. The molecule has 8 nitrogen and oxygen atoms in total. The largest absolute Gasteiger partial charge is 0.449 e. The highest BCUT2D eigenvalue weighted by Gasteiger charge is 2.55. The van der Waals surface area contributed by atoms with Crippen molar-refractivity contribution in [3.63, 3.8) is 0 Å². The number of ether oxygens (including phenoxy) is 1. The van der Waals surface area contributed by atoms with Crippen LogP contribution in [0.5, 0.6) is 0 Å². The lowest BCUT2D eigenvalue weighted by atomic mass is 9.85. The van der Waals surface area contributed by atoms with Gasteiger partial charge in [-0.05, 0) is 43.1 Å². The Kier molecular flexibility index (Phi) is 5.18. The van der Waals surface area contributed by atoms with Crippen LogP contribution in [-0.4, -0.2) is 66.8 Å². The quantitative estimate of drug-likeness (QED) is 0.526. The molecule has 1 atom stereocenters. The molecule has 4 aliphatic rings. The lowest BCUT2D eigenvalue weighted by molar-refractivity contribution is -0.131. The highest BCUT2D eigenvalue weighted by Crippen LogP contribution is 2.52. The molecule has 1 aliphatic carbocycles. The fraction of sp³-hybridized carbons (Fsp3) is 0.481. The van der Waals surface area contributed by atoms with Gasteiger partial charge in [0.05, 0.1) is 11.0 Å². The predicted molar refractivity (Wildman–Crippen MR) is 130 cm³/mol. The molecule has 0 unspecified atom stereocenters. The van der Waals surface area contributed by atoms with Crippen molar-refractivity contribution in [2.75, 3.05) is 44.2 Å². The lowest BCUT2D eigenvalue weighted by Crippen LogP contribution is -2.48. The summed E-state index contributed by atoms with van der Waals surface area (Å²) in [6, 6.07) is 10.0. The second-order valence-corrected chi connectivity index (χ2v) is 10.1. The molecule has 3 fully saturated rings. The molecule has 8 heteroatoms. The van der Waals surface area contributed by atoms with Crippen LogP contribution in [0.15, 0.2) is 36.5 Å². The summed E-state index contributed by atoms with van der Waals surface area (Å²) in [6.07, 6.45) is 4.37. The number of carbonyl (C=O) groups is 3. The van der Waals surface area contributed by atoms with Crippen LogP contribution in [0.1, 0.15) is 64.6 Å². The van der Waals surface area contributed by atoms with Crippen LogP contribution in [0.3, 0.4) is 0 Å². The number of aromatic nitrogens is 1. The Bertz CT molecular complexity index is 1190. The molecule has 2 saturated heterocycles. The molecular formula is C27H30N4O4. The van der Waals surface area contributed by atoms with Crippen LogP contribution in [0, 0.1) is 0 Å². The number of hydrogen-bond acceptors (Lipinski definition) is 7. The van der Waals surface area contributed by atoms with Gasteiger partial charge in [0.1, 0.15) is 5.69 Å². The second kappa shape index (κ2) is 8.16. The van der Waals surface area contributed by atoms with Crippen LogP contribution < -0.4 is 10.2 Å². The summed E-state index contributed by atoms with van der Waals surface area (Å²) >= 11 is 0. The van der Waals surface area contributed by atoms with Crippen LogP contribution in [-0.2, 0) is 20.5 Å². The van der Waals surface area contributed by atoms with Gasteiger partial charge in [-0.3, -0.25) is 14.6 Å². The molecule has 1 aromatic heterocycles. The third kappa shape index (κ3) is 3.45. The maximum Gasteiger partial charge on any atom is 0.341 e. The first kappa shape index (κ1) is 22.2. The molecule has 4 heterocycles. The van der Waals surface area contributed by atoms with Crippen molar-refractivity contribution < 1.29 is 19.1 Å². The zero-order valence-electron chi connectivity index (χ0n) is 20.0. The van der Waals surface area contributed by atoms with Gasteiger partial charge in [-0.2, -0.15) is 0 Å². The van der Waals surface area contributed by atoms with Crippen LogP contribution >= 0.6 is 0 Å². The van der Waals surface area contributed by atoms with Crippen LogP contribution in [0.2, 0.25) is 0 Å². The SMILES string of the molecule is CCC(=O)N1CCN(c2ccc(C3(C(=O)c4nccc5c4C(=O)O[C@]54CCNC4)CC3)cc2)CC1. The van der Waals surface area contributed by atoms with Crippen molar-refractivity contribution in [2.24, 2.45) is 0 Å². The molecule has 0 radical (unpaired) electrons. The van der Waals surface area contributed by atoms with E-state index in [4.69, 9.17) is 4.74 Å². The topological polar surface area (TPSA) is 91.8 Å². The normalized spacial score (nSPS) is 24.4. The highest BCUT2D eigenvalue weighted by atomic mass is 16.6. The minimum absolute atomic E-state index is 0.0891. The molecular weight excluding hydrogens is 444 g/mol. The van der Waals surface area contributed by atoms with E-state index in [1.807, 2.05) is 30.0 Å². The van der Waals surface area contributed by atoms with E-state index < -0.39 is 17.0 Å². The number of hydrogen-bond donors (Lipinski definition) is 1. The number of esters is 1. The number of nitrogens with one attached hydrogen (secondary N) is 1. The van der Waals surface area contributed by atoms with Gasteiger partial charge in [0.2, 0.25) is 5.91 Å². The molecule has 2 aromatic rings. The van der Waals surface area contributed by atoms with E-state index in [0.717, 1.165) is 62.4 Å². The lowest BCUT2D eigenvalue weighted by Gasteiger charge is -2.36. The number of anilines is 1. The average Bonchev–Trinajstić information content (AvgIpc) is 3.50. The maximum absolute atomic E-state index is 13.8. The van der Waals surface area contributed by atoms with Gasteiger partial charge < -0.3 is 19.9 Å². The highest BCUT2D eigenvalue weighted by molar-refractivity contribution is 6.12. The number of benzene rings is 1. The number of amides is 1. The van der Waals surface area contributed by atoms with Crippen molar-refractivity contribution in [3.8, 4) is 0 Å². The zero-order chi connectivity index (χ0) is 24.2. The van der Waals surface area contributed by atoms with E-state index in [2.05, 4.69) is 27.3 Å². The van der Waals surface area contributed by atoms with Gasteiger partial charge in [-0.15, -0.1) is 0 Å². The number of rotatable bonds is 5. The van der Waals surface area contributed by atoms with E-state index in [1.54, 1.807) is 6.20 Å². The molecule has 1 amide bonds. The van der Waals surface area contributed by atoms with Gasteiger partial charge in [0, 0.05) is 63.0 Å². The predicted octanol–water partition coefficient (Wildman–Crippen LogP) is 2.41. The summed E-state index contributed by atoms with van der Waals surface area (Å²) in [5, 5.41) is 3.27. The molecule has 1 saturated carbocycles. The first-order valence-corrected chi connectivity index (χ1v) is 12.6. The Balaban J connectivity index is 1.23. The second-order valence-electron chi connectivity index (χ2n) is 10.1. The molecule has 182 valence electrons.